The zero-order valence-corrected chi connectivity index (χ0v) is 15.9. The lowest BCUT2D eigenvalue weighted by molar-refractivity contribution is 0.421. The molecular formula is C22H21N5O2. The van der Waals surface area contributed by atoms with Gasteiger partial charge in [0.05, 0.1) is 6.04 Å². The van der Waals surface area contributed by atoms with Gasteiger partial charge in [-0.05, 0) is 49.2 Å². The van der Waals surface area contributed by atoms with Crippen molar-refractivity contribution in [3.05, 3.63) is 60.9 Å². The van der Waals surface area contributed by atoms with E-state index < -0.39 is 0 Å². The molecule has 5 rings (SSSR count). The number of nitrogen functional groups attached to an aromatic ring is 1. The second-order valence-electron chi connectivity index (χ2n) is 7.13. The average molecular weight is 387 g/mol. The Morgan fingerprint density at radius 1 is 0.828 bits per heavy atom. The number of rotatable bonds is 5. The number of para-hydroxylation sites is 1. The number of fused-ring (bicyclic) bond motifs is 1. The number of hydrogen-bond donors (Lipinski definition) is 1. The highest BCUT2D eigenvalue weighted by atomic mass is 16.5. The van der Waals surface area contributed by atoms with Crippen LogP contribution in [0.2, 0.25) is 0 Å². The second kappa shape index (κ2) is 7.43. The van der Waals surface area contributed by atoms with E-state index in [9.17, 15) is 0 Å². The minimum absolute atomic E-state index is 0.325. The summed E-state index contributed by atoms with van der Waals surface area (Å²) in [6.45, 7) is 0. The molecule has 0 saturated heterocycles. The first kappa shape index (κ1) is 17.5. The van der Waals surface area contributed by atoms with Crippen LogP contribution in [0.4, 0.5) is 5.82 Å². The lowest BCUT2D eigenvalue weighted by atomic mass is 10.2. The third-order valence-electron chi connectivity index (χ3n) is 5.17. The predicted octanol–water partition coefficient (Wildman–Crippen LogP) is 5.11. The summed E-state index contributed by atoms with van der Waals surface area (Å²) in [5, 5.41) is 5.35. The van der Waals surface area contributed by atoms with Crippen molar-refractivity contribution in [2.75, 3.05) is 5.73 Å². The zero-order chi connectivity index (χ0) is 19.6. The van der Waals surface area contributed by atoms with Crippen molar-refractivity contribution in [1.82, 2.24) is 19.7 Å². The first-order valence-corrected chi connectivity index (χ1v) is 9.77. The first-order valence-electron chi connectivity index (χ1n) is 9.77. The fourth-order valence-corrected chi connectivity index (χ4v) is 3.75. The van der Waals surface area contributed by atoms with Crippen molar-refractivity contribution in [3.63, 3.8) is 0 Å². The molecule has 4 aromatic rings. The van der Waals surface area contributed by atoms with Crippen molar-refractivity contribution in [3.8, 4) is 23.1 Å². The Hall–Kier alpha value is -3.61. The van der Waals surface area contributed by atoms with Crippen LogP contribution in [0, 0.1) is 0 Å². The van der Waals surface area contributed by atoms with Crippen molar-refractivity contribution < 1.29 is 9.47 Å². The molecule has 0 spiro atoms. The number of nitrogens with zero attached hydrogens (tertiary/aromatic N) is 4. The van der Waals surface area contributed by atoms with Gasteiger partial charge >= 0.3 is 0 Å². The molecule has 7 nitrogen and oxygen atoms in total. The van der Waals surface area contributed by atoms with Gasteiger partial charge in [-0.15, -0.1) is 5.10 Å². The van der Waals surface area contributed by atoms with Crippen LogP contribution in [0.3, 0.4) is 0 Å². The van der Waals surface area contributed by atoms with E-state index in [-0.39, 0.29) is 0 Å². The largest absolute Gasteiger partial charge is 0.457 e. The molecule has 0 amide bonds. The van der Waals surface area contributed by atoms with E-state index in [0.717, 1.165) is 30.0 Å². The molecule has 146 valence electrons. The number of aromatic nitrogens is 4. The maximum absolute atomic E-state index is 6.13. The minimum atomic E-state index is 0.325. The summed E-state index contributed by atoms with van der Waals surface area (Å²) in [6, 6.07) is 17.4. The molecule has 2 aromatic heterocycles. The summed E-state index contributed by atoms with van der Waals surface area (Å²) in [7, 11) is 0. The molecule has 0 atom stereocenters. The first-order chi connectivity index (χ1) is 14.3. The Kier molecular flexibility index (Phi) is 4.48. The Morgan fingerprint density at radius 2 is 1.48 bits per heavy atom. The van der Waals surface area contributed by atoms with Crippen molar-refractivity contribution in [1.29, 1.82) is 0 Å². The lowest BCUT2D eigenvalue weighted by Crippen LogP contribution is -2.07. The Bertz CT molecular complexity index is 1120. The normalized spacial score (nSPS) is 14.3. The fourth-order valence-electron chi connectivity index (χ4n) is 3.75. The van der Waals surface area contributed by atoms with Crippen molar-refractivity contribution >= 4 is 16.9 Å². The van der Waals surface area contributed by atoms with E-state index in [2.05, 4.69) is 9.97 Å². The monoisotopic (exact) mass is 387 g/mol. The van der Waals surface area contributed by atoms with E-state index in [0.29, 0.717) is 28.9 Å². The van der Waals surface area contributed by atoms with Crippen LogP contribution in [0.15, 0.2) is 60.9 Å². The Balaban J connectivity index is 1.43. The summed E-state index contributed by atoms with van der Waals surface area (Å²) in [6.07, 6.45) is 6.05. The summed E-state index contributed by atoms with van der Waals surface area (Å²) < 4.78 is 13.8. The summed E-state index contributed by atoms with van der Waals surface area (Å²) in [5.74, 6) is 2.96. The highest BCUT2D eigenvalue weighted by Crippen LogP contribution is 2.37. The van der Waals surface area contributed by atoms with Gasteiger partial charge in [-0.2, -0.15) is 0 Å². The molecular weight excluding hydrogens is 366 g/mol. The second-order valence-corrected chi connectivity index (χ2v) is 7.13. The van der Waals surface area contributed by atoms with Crippen LogP contribution in [-0.2, 0) is 0 Å². The lowest BCUT2D eigenvalue weighted by Gasteiger charge is -2.09. The van der Waals surface area contributed by atoms with Crippen LogP contribution in [0.5, 0.6) is 23.1 Å². The van der Waals surface area contributed by atoms with Gasteiger partial charge < -0.3 is 15.2 Å². The molecule has 0 radical (unpaired) electrons. The van der Waals surface area contributed by atoms with Gasteiger partial charge in [0, 0.05) is 0 Å². The number of nitrogens with two attached hydrogens (primary N) is 1. The van der Waals surface area contributed by atoms with Gasteiger partial charge in [-0.1, -0.05) is 31.0 Å². The summed E-state index contributed by atoms with van der Waals surface area (Å²) in [4.78, 5) is 8.54. The number of benzene rings is 2. The molecule has 2 N–H and O–H groups in total. The number of anilines is 1. The predicted molar refractivity (Wildman–Crippen MR) is 110 cm³/mol. The van der Waals surface area contributed by atoms with Gasteiger partial charge in [0.25, 0.3) is 5.88 Å². The smallest absolute Gasteiger partial charge is 0.251 e. The molecule has 2 aromatic carbocycles. The van der Waals surface area contributed by atoms with Gasteiger partial charge in [0.1, 0.15) is 34.8 Å². The van der Waals surface area contributed by atoms with Crippen LogP contribution >= 0.6 is 0 Å². The van der Waals surface area contributed by atoms with Crippen LogP contribution in [0.25, 0.3) is 11.0 Å². The summed E-state index contributed by atoms with van der Waals surface area (Å²) >= 11 is 0. The molecule has 1 aliphatic rings. The Labute approximate surface area is 168 Å². The van der Waals surface area contributed by atoms with Gasteiger partial charge in [-0.25, -0.2) is 14.6 Å². The SMILES string of the molecule is Nc1ncnc2c1c(Oc1ccc(Oc3ccccc3)cc1)nn2C1CCCC1. The molecule has 1 fully saturated rings. The molecule has 1 saturated carbocycles. The highest BCUT2D eigenvalue weighted by Gasteiger charge is 2.25. The molecule has 2 heterocycles. The summed E-state index contributed by atoms with van der Waals surface area (Å²) in [5.41, 5.74) is 6.85. The van der Waals surface area contributed by atoms with Crippen LogP contribution in [0.1, 0.15) is 31.7 Å². The van der Waals surface area contributed by atoms with E-state index in [1.807, 2.05) is 59.3 Å². The van der Waals surface area contributed by atoms with Crippen LogP contribution < -0.4 is 15.2 Å². The van der Waals surface area contributed by atoms with E-state index in [1.54, 1.807) is 0 Å². The maximum atomic E-state index is 6.13. The van der Waals surface area contributed by atoms with Crippen LogP contribution in [-0.4, -0.2) is 19.7 Å². The fraction of sp³-hybridized carbons (Fsp3) is 0.227. The third-order valence-corrected chi connectivity index (χ3v) is 5.17. The standard InChI is InChI=1S/C22H21N5O2/c23-20-19-21(25-14-24-20)27(15-6-4-5-7-15)26-22(19)29-18-12-10-17(11-13-18)28-16-8-2-1-3-9-16/h1-3,8-15H,4-7H2,(H2,23,24,25). The molecule has 29 heavy (non-hydrogen) atoms. The van der Waals surface area contributed by atoms with Gasteiger partial charge in [0.2, 0.25) is 0 Å². The van der Waals surface area contributed by atoms with E-state index >= 15 is 0 Å². The number of hydrogen-bond acceptors (Lipinski definition) is 6. The topological polar surface area (TPSA) is 88.1 Å². The third kappa shape index (κ3) is 3.47. The van der Waals surface area contributed by atoms with E-state index in [4.69, 9.17) is 20.3 Å². The minimum Gasteiger partial charge on any atom is -0.457 e. The molecule has 1 aliphatic carbocycles. The average Bonchev–Trinajstić information content (AvgIpc) is 3.39. The van der Waals surface area contributed by atoms with Crippen molar-refractivity contribution in [2.24, 2.45) is 0 Å². The highest BCUT2D eigenvalue weighted by molar-refractivity contribution is 5.90. The maximum Gasteiger partial charge on any atom is 0.251 e. The zero-order valence-electron chi connectivity index (χ0n) is 15.9. The molecule has 0 bridgehead atoms. The number of ether oxygens (including phenoxy) is 2. The Morgan fingerprint density at radius 3 is 2.21 bits per heavy atom. The van der Waals surface area contributed by atoms with Gasteiger partial charge in [-0.3, -0.25) is 0 Å². The van der Waals surface area contributed by atoms with Gasteiger partial charge in [0.15, 0.2) is 5.65 Å². The quantitative estimate of drug-likeness (QED) is 0.512. The molecule has 0 aliphatic heterocycles. The molecule has 7 heteroatoms. The van der Waals surface area contributed by atoms with Crippen molar-refractivity contribution in [2.45, 2.75) is 31.7 Å². The van der Waals surface area contributed by atoms with E-state index in [1.165, 1.54) is 19.2 Å². The molecule has 0 unspecified atom stereocenters.